The minimum Gasteiger partial charge on any atom is -0.407 e. The molecule has 0 spiro atoms. The smallest absolute Gasteiger partial charge is 0.315 e. The summed E-state index contributed by atoms with van der Waals surface area (Å²) in [6.07, 6.45) is 1.00. The van der Waals surface area contributed by atoms with Crippen molar-refractivity contribution in [3.05, 3.63) is 41.8 Å². The van der Waals surface area contributed by atoms with Crippen molar-refractivity contribution < 1.29 is 4.42 Å². The fourth-order valence-corrected chi connectivity index (χ4v) is 1.75. The molecule has 0 amide bonds. The zero-order valence-electron chi connectivity index (χ0n) is 10.5. The summed E-state index contributed by atoms with van der Waals surface area (Å²) in [5.74, 6) is 0.948. The quantitative estimate of drug-likeness (QED) is 0.816. The highest BCUT2D eigenvalue weighted by atomic mass is 16.4. The monoisotopic (exact) mass is 246 g/mol. The summed E-state index contributed by atoms with van der Waals surface area (Å²) in [4.78, 5) is 0. The van der Waals surface area contributed by atoms with E-state index in [2.05, 4.69) is 46.7 Å². The maximum Gasteiger partial charge on any atom is 0.315 e. The minimum absolute atomic E-state index is 0.273. The molecule has 0 saturated carbocycles. The first-order chi connectivity index (χ1) is 8.79. The molecule has 1 aromatic carbocycles. The van der Waals surface area contributed by atoms with Crippen LogP contribution >= 0.6 is 0 Å². The third-order valence-corrected chi connectivity index (χ3v) is 2.86. The van der Waals surface area contributed by atoms with Gasteiger partial charge in [-0.3, -0.25) is 0 Å². The van der Waals surface area contributed by atoms with Crippen molar-refractivity contribution in [1.82, 2.24) is 10.2 Å². The molecule has 2 aromatic rings. The number of nitrogens with one attached hydrogen (secondary N) is 1. The predicted molar refractivity (Wildman–Crippen MR) is 70.2 cm³/mol. The topological polar surface area (TPSA) is 77.0 Å². The number of hydrogen-bond donors (Lipinski definition) is 2. The lowest BCUT2D eigenvalue weighted by Crippen LogP contribution is -2.06. The average molecular weight is 246 g/mol. The first-order valence-corrected chi connectivity index (χ1v) is 6.11. The summed E-state index contributed by atoms with van der Waals surface area (Å²) >= 11 is 0. The largest absolute Gasteiger partial charge is 0.407 e. The molecule has 5 nitrogen and oxygen atoms in total. The standard InChI is InChI=1S/C13H18N4O/c1-10(11-5-3-2-4-6-11)7-8-15-13-17-16-12(9-14)18-13/h2-6,10H,7-9,14H2,1H3,(H,15,17). The van der Waals surface area contributed by atoms with E-state index in [0.717, 1.165) is 13.0 Å². The average Bonchev–Trinajstić information content (AvgIpc) is 2.87. The Morgan fingerprint density at radius 1 is 1.28 bits per heavy atom. The number of nitrogens with zero attached hydrogens (tertiary/aromatic N) is 2. The van der Waals surface area contributed by atoms with Gasteiger partial charge in [-0.25, -0.2) is 0 Å². The molecule has 1 aromatic heterocycles. The van der Waals surface area contributed by atoms with Crippen molar-refractivity contribution in [2.45, 2.75) is 25.8 Å². The molecule has 0 aliphatic carbocycles. The molecule has 0 bridgehead atoms. The number of aromatic nitrogens is 2. The normalized spacial score (nSPS) is 12.3. The van der Waals surface area contributed by atoms with Gasteiger partial charge in [0.1, 0.15) is 0 Å². The van der Waals surface area contributed by atoms with Gasteiger partial charge in [0.25, 0.3) is 0 Å². The van der Waals surface area contributed by atoms with Crippen molar-refractivity contribution in [3.63, 3.8) is 0 Å². The third-order valence-electron chi connectivity index (χ3n) is 2.86. The minimum atomic E-state index is 0.273. The van der Waals surface area contributed by atoms with Crippen LogP contribution in [0.15, 0.2) is 34.7 Å². The lowest BCUT2D eigenvalue weighted by atomic mass is 9.98. The molecule has 0 saturated heterocycles. The van der Waals surface area contributed by atoms with Crippen LogP contribution in [0.5, 0.6) is 0 Å². The van der Waals surface area contributed by atoms with Crippen LogP contribution in [-0.4, -0.2) is 16.7 Å². The Kier molecular flexibility index (Phi) is 4.30. The van der Waals surface area contributed by atoms with Gasteiger partial charge < -0.3 is 15.5 Å². The van der Waals surface area contributed by atoms with Crippen LogP contribution in [0.3, 0.4) is 0 Å². The Morgan fingerprint density at radius 3 is 2.72 bits per heavy atom. The number of nitrogens with two attached hydrogens (primary N) is 1. The van der Waals surface area contributed by atoms with Crippen LogP contribution in [-0.2, 0) is 6.54 Å². The van der Waals surface area contributed by atoms with Crippen molar-refractivity contribution in [2.24, 2.45) is 5.73 Å². The predicted octanol–water partition coefficient (Wildman–Crippen LogP) is 2.13. The Hall–Kier alpha value is -1.88. The second-order valence-corrected chi connectivity index (χ2v) is 4.23. The van der Waals surface area contributed by atoms with Crippen molar-refractivity contribution in [1.29, 1.82) is 0 Å². The van der Waals surface area contributed by atoms with Crippen LogP contribution in [0.2, 0.25) is 0 Å². The van der Waals surface area contributed by atoms with Crippen LogP contribution in [0.25, 0.3) is 0 Å². The first-order valence-electron chi connectivity index (χ1n) is 6.11. The van der Waals surface area contributed by atoms with Gasteiger partial charge in [0.15, 0.2) is 0 Å². The third kappa shape index (κ3) is 3.30. The Balaban J connectivity index is 1.78. The maximum absolute atomic E-state index is 5.39. The van der Waals surface area contributed by atoms with Crippen molar-refractivity contribution in [2.75, 3.05) is 11.9 Å². The molecule has 0 radical (unpaired) electrons. The van der Waals surface area contributed by atoms with Crippen LogP contribution in [0, 0.1) is 0 Å². The van der Waals surface area contributed by atoms with E-state index >= 15 is 0 Å². The van der Waals surface area contributed by atoms with Gasteiger partial charge in [-0.05, 0) is 17.9 Å². The van der Waals surface area contributed by atoms with Gasteiger partial charge in [0, 0.05) is 6.54 Å². The summed E-state index contributed by atoms with van der Waals surface area (Å²) in [6, 6.07) is 10.9. The summed E-state index contributed by atoms with van der Waals surface area (Å²) < 4.78 is 5.26. The second-order valence-electron chi connectivity index (χ2n) is 4.23. The number of anilines is 1. The Labute approximate surface area is 106 Å². The Bertz CT molecular complexity index is 469. The van der Waals surface area contributed by atoms with E-state index in [4.69, 9.17) is 10.2 Å². The summed E-state index contributed by atoms with van der Waals surface area (Å²) in [6.45, 7) is 3.27. The SMILES string of the molecule is CC(CCNc1nnc(CN)o1)c1ccccc1. The lowest BCUT2D eigenvalue weighted by Gasteiger charge is -2.11. The summed E-state index contributed by atoms with van der Waals surface area (Å²) in [5, 5.41) is 10.7. The van der Waals surface area contributed by atoms with Crippen LogP contribution < -0.4 is 11.1 Å². The van der Waals surface area contributed by atoms with E-state index in [0.29, 0.717) is 17.8 Å². The molecule has 3 N–H and O–H groups in total. The van der Waals surface area contributed by atoms with Gasteiger partial charge in [-0.1, -0.05) is 42.4 Å². The van der Waals surface area contributed by atoms with Gasteiger partial charge in [-0.15, -0.1) is 5.10 Å². The van der Waals surface area contributed by atoms with Gasteiger partial charge in [-0.2, -0.15) is 0 Å². The fourth-order valence-electron chi connectivity index (χ4n) is 1.75. The van der Waals surface area contributed by atoms with Crippen LogP contribution in [0.4, 0.5) is 6.01 Å². The molecule has 0 fully saturated rings. The highest BCUT2D eigenvalue weighted by Gasteiger charge is 2.06. The Morgan fingerprint density at radius 2 is 2.06 bits per heavy atom. The first kappa shape index (κ1) is 12.6. The van der Waals surface area contributed by atoms with Gasteiger partial charge in [0.2, 0.25) is 5.89 Å². The van der Waals surface area contributed by atoms with E-state index in [1.165, 1.54) is 5.56 Å². The zero-order chi connectivity index (χ0) is 12.8. The molecule has 18 heavy (non-hydrogen) atoms. The van der Waals surface area contributed by atoms with Gasteiger partial charge >= 0.3 is 6.01 Å². The molecule has 0 aliphatic rings. The number of rotatable bonds is 6. The number of hydrogen-bond acceptors (Lipinski definition) is 5. The maximum atomic E-state index is 5.39. The molecule has 1 unspecified atom stereocenters. The summed E-state index contributed by atoms with van der Waals surface area (Å²) in [5.41, 5.74) is 6.73. The molecule has 1 heterocycles. The molecular weight excluding hydrogens is 228 g/mol. The molecular formula is C13H18N4O. The number of benzene rings is 1. The van der Waals surface area contributed by atoms with E-state index in [1.54, 1.807) is 0 Å². The molecule has 2 rings (SSSR count). The zero-order valence-corrected chi connectivity index (χ0v) is 10.5. The van der Waals surface area contributed by atoms with E-state index in [1.807, 2.05) is 6.07 Å². The molecule has 1 atom stereocenters. The lowest BCUT2D eigenvalue weighted by molar-refractivity contribution is 0.505. The fraction of sp³-hybridized carbons (Fsp3) is 0.385. The van der Waals surface area contributed by atoms with E-state index in [9.17, 15) is 0 Å². The molecule has 96 valence electrons. The molecule has 5 heteroatoms. The highest BCUT2D eigenvalue weighted by molar-refractivity contribution is 5.20. The van der Waals surface area contributed by atoms with E-state index in [-0.39, 0.29) is 6.54 Å². The second kappa shape index (κ2) is 6.16. The van der Waals surface area contributed by atoms with Crippen molar-refractivity contribution in [3.8, 4) is 0 Å². The summed E-state index contributed by atoms with van der Waals surface area (Å²) in [7, 11) is 0. The van der Waals surface area contributed by atoms with Crippen molar-refractivity contribution >= 4 is 6.01 Å². The van der Waals surface area contributed by atoms with Gasteiger partial charge in [0.05, 0.1) is 6.54 Å². The molecule has 0 aliphatic heterocycles. The van der Waals surface area contributed by atoms with E-state index < -0.39 is 0 Å². The van der Waals surface area contributed by atoms with Crippen LogP contribution in [0.1, 0.15) is 30.7 Å². The highest BCUT2D eigenvalue weighted by Crippen LogP contribution is 2.18.